The summed E-state index contributed by atoms with van der Waals surface area (Å²) in [6, 6.07) is 2.50. The largest absolute Gasteiger partial charge is 0.389 e. The van der Waals surface area contributed by atoms with Crippen LogP contribution in [0.4, 0.5) is 0 Å². The molecule has 0 spiro atoms. The van der Waals surface area contributed by atoms with Gasteiger partial charge in [0.2, 0.25) is 0 Å². The second kappa shape index (κ2) is 5.66. The van der Waals surface area contributed by atoms with E-state index < -0.39 is 5.60 Å². The molecule has 1 aliphatic rings. The zero-order valence-corrected chi connectivity index (χ0v) is 12.8. The van der Waals surface area contributed by atoms with Crippen molar-refractivity contribution in [3.05, 3.63) is 18.0 Å². The van der Waals surface area contributed by atoms with Crippen molar-refractivity contribution < 1.29 is 5.11 Å². The van der Waals surface area contributed by atoms with Crippen LogP contribution in [0.25, 0.3) is 0 Å². The van der Waals surface area contributed by atoms with Crippen LogP contribution in [0.2, 0.25) is 0 Å². The molecule has 0 aromatic carbocycles. The smallest absolute Gasteiger partial charge is 0.0706 e. The van der Waals surface area contributed by atoms with Gasteiger partial charge in [-0.15, -0.1) is 0 Å². The van der Waals surface area contributed by atoms with Crippen LogP contribution in [0.15, 0.2) is 12.3 Å². The van der Waals surface area contributed by atoms with Gasteiger partial charge in [0.1, 0.15) is 0 Å². The highest BCUT2D eigenvalue weighted by molar-refractivity contribution is 5.06. The molecule has 4 atom stereocenters. The van der Waals surface area contributed by atoms with Crippen molar-refractivity contribution in [3.63, 3.8) is 0 Å². The van der Waals surface area contributed by atoms with Gasteiger partial charge in [0.15, 0.2) is 0 Å². The Balaban J connectivity index is 2.02. The molecule has 19 heavy (non-hydrogen) atoms. The maximum absolute atomic E-state index is 10.8. The standard InChI is InChI=1S/C16H28N2O/c1-5-14(4)18-9-7-15(17-18)11-16(19)8-6-12(2)13(3)10-16/h7,9,12-14,19H,5-6,8,10-11H2,1-4H3. The SMILES string of the molecule is CCC(C)n1ccc(CC2(O)CCC(C)C(C)C2)n1. The highest BCUT2D eigenvalue weighted by atomic mass is 16.3. The number of hydrogen-bond donors (Lipinski definition) is 1. The second-order valence-electron chi connectivity index (χ2n) is 6.64. The summed E-state index contributed by atoms with van der Waals surface area (Å²) in [5.74, 6) is 1.34. The minimum absolute atomic E-state index is 0.439. The predicted octanol–water partition coefficient (Wildman–Crippen LogP) is 3.58. The third kappa shape index (κ3) is 3.38. The first-order valence-corrected chi connectivity index (χ1v) is 7.70. The summed E-state index contributed by atoms with van der Waals surface area (Å²) in [7, 11) is 0. The summed E-state index contributed by atoms with van der Waals surface area (Å²) < 4.78 is 2.02. The first kappa shape index (κ1) is 14.6. The van der Waals surface area contributed by atoms with Crippen LogP contribution in [-0.4, -0.2) is 20.5 Å². The fourth-order valence-corrected chi connectivity index (χ4v) is 3.09. The van der Waals surface area contributed by atoms with Crippen molar-refractivity contribution in [3.8, 4) is 0 Å². The zero-order chi connectivity index (χ0) is 14.0. The zero-order valence-electron chi connectivity index (χ0n) is 12.8. The number of hydrogen-bond acceptors (Lipinski definition) is 2. The molecular weight excluding hydrogens is 236 g/mol. The maximum Gasteiger partial charge on any atom is 0.0706 e. The molecule has 1 aromatic rings. The molecule has 3 heteroatoms. The van der Waals surface area contributed by atoms with Crippen LogP contribution >= 0.6 is 0 Å². The van der Waals surface area contributed by atoms with Gasteiger partial charge in [-0.3, -0.25) is 4.68 Å². The summed E-state index contributed by atoms with van der Waals surface area (Å²) in [5, 5.41) is 15.4. The van der Waals surface area contributed by atoms with E-state index in [2.05, 4.69) is 38.9 Å². The Morgan fingerprint density at radius 1 is 1.47 bits per heavy atom. The van der Waals surface area contributed by atoms with Gasteiger partial charge in [0.25, 0.3) is 0 Å². The first-order valence-electron chi connectivity index (χ1n) is 7.70. The summed E-state index contributed by atoms with van der Waals surface area (Å²) in [4.78, 5) is 0. The van der Waals surface area contributed by atoms with Crippen LogP contribution in [0.5, 0.6) is 0 Å². The monoisotopic (exact) mass is 264 g/mol. The van der Waals surface area contributed by atoms with Crippen molar-refractivity contribution in [2.45, 2.75) is 71.4 Å². The molecule has 1 saturated carbocycles. The van der Waals surface area contributed by atoms with Gasteiger partial charge in [-0.05, 0) is 50.5 Å². The molecule has 1 heterocycles. The van der Waals surface area contributed by atoms with Gasteiger partial charge in [0, 0.05) is 18.7 Å². The first-order chi connectivity index (χ1) is 8.93. The molecule has 0 amide bonds. The van der Waals surface area contributed by atoms with Gasteiger partial charge in [0.05, 0.1) is 11.3 Å². The molecule has 108 valence electrons. The lowest BCUT2D eigenvalue weighted by Gasteiger charge is -2.38. The Bertz CT molecular complexity index is 415. The van der Waals surface area contributed by atoms with Crippen molar-refractivity contribution >= 4 is 0 Å². The van der Waals surface area contributed by atoms with Crippen molar-refractivity contribution in [2.75, 3.05) is 0 Å². The number of rotatable bonds is 4. The van der Waals surface area contributed by atoms with Crippen molar-refractivity contribution in [2.24, 2.45) is 11.8 Å². The number of aliphatic hydroxyl groups is 1. The van der Waals surface area contributed by atoms with Gasteiger partial charge in [-0.2, -0.15) is 5.10 Å². The normalized spacial score (nSPS) is 33.3. The molecule has 0 bridgehead atoms. The summed E-state index contributed by atoms with van der Waals surface area (Å²) >= 11 is 0. The Morgan fingerprint density at radius 3 is 2.84 bits per heavy atom. The lowest BCUT2D eigenvalue weighted by Crippen LogP contribution is -2.39. The quantitative estimate of drug-likeness (QED) is 0.902. The molecule has 4 unspecified atom stereocenters. The van der Waals surface area contributed by atoms with Crippen LogP contribution in [0.1, 0.15) is 65.1 Å². The van der Waals surface area contributed by atoms with E-state index in [1.807, 2.05) is 10.9 Å². The van der Waals surface area contributed by atoms with E-state index >= 15 is 0 Å². The van der Waals surface area contributed by atoms with E-state index in [0.29, 0.717) is 18.4 Å². The molecule has 0 radical (unpaired) electrons. The fourth-order valence-electron chi connectivity index (χ4n) is 3.09. The Hall–Kier alpha value is -0.830. The molecule has 2 rings (SSSR count). The van der Waals surface area contributed by atoms with Crippen LogP contribution in [-0.2, 0) is 6.42 Å². The topological polar surface area (TPSA) is 38.0 Å². The van der Waals surface area contributed by atoms with Gasteiger partial charge in [-0.1, -0.05) is 20.8 Å². The van der Waals surface area contributed by atoms with E-state index in [0.717, 1.165) is 37.3 Å². The minimum Gasteiger partial charge on any atom is -0.389 e. The average Bonchev–Trinajstić information content (AvgIpc) is 2.81. The van der Waals surface area contributed by atoms with E-state index in [-0.39, 0.29) is 0 Å². The molecule has 0 saturated heterocycles. The van der Waals surface area contributed by atoms with Crippen molar-refractivity contribution in [1.29, 1.82) is 0 Å². The lowest BCUT2D eigenvalue weighted by atomic mass is 9.71. The van der Waals surface area contributed by atoms with E-state index in [1.54, 1.807) is 0 Å². The van der Waals surface area contributed by atoms with Gasteiger partial charge in [-0.25, -0.2) is 0 Å². The van der Waals surface area contributed by atoms with Gasteiger partial charge < -0.3 is 5.11 Å². The Kier molecular flexibility index (Phi) is 4.34. The van der Waals surface area contributed by atoms with Crippen LogP contribution < -0.4 is 0 Å². The summed E-state index contributed by atoms with van der Waals surface area (Å²) in [6.07, 6.45) is 6.78. The highest BCUT2D eigenvalue weighted by Crippen LogP contribution is 2.37. The molecule has 0 aliphatic heterocycles. The molecule has 3 nitrogen and oxygen atoms in total. The molecule has 1 N–H and O–H groups in total. The van der Waals surface area contributed by atoms with Crippen molar-refractivity contribution in [1.82, 2.24) is 9.78 Å². The predicted molar refractivity (Wildman–Crippen MR) is 78.1 cm³/mol. The second-order valence-corrected chi connectivity index (χ2v) is 6.64. The number of aromatic nitrogens is 2. The Labute approximate surface area is 117 Å². The minimum atomic E-state index is -0.541. The third-order valence-electron chi connectivity index (χ3n) is 4.95. The molecule has 1 fully saturated rings. The van der Waals surface area contributed by atoms with Crippen LogP contribution in [0, 0.1) is 11.8 Å². The summed E-state index contributed by atoms with van der Waals surface area (Å²) in [5.41, 5.74) is 0.491. The van der Waals surface area contributed by atoms with E-state index in [4.69, 9.17) is 0 Å². The molecular formula is C16H28N2O. The average molecular weight is 264 g/mol. The fraction of sp³-hybridized carbons (Fsp3) is 0.812. The maximum atomic E-state index is 10.8. The van der Waals surface area contributed by atoms with Crippen LogP contribution in [0.3, 0.4) is 0 Å². The van der Waals surface area contributed by atoms with E-state index in [1.165, 1.54) is 0 Å². The lowest BCUT2D eigenvalue weighted by molar-refractivity contribution is -0.0287. The Morgan fingerprint density at radius 2 is 2.21 bits per heavy atom. The van der Waals surface area contributed by atoms with E-state index in [9.17, 15) is 5.11 Å². The van der Waals surface area contributed by atoms with Gasteiger partial charge >= 0.3 is 0 Å². The highest BCUT2D eigenvalue weighted by Gasteiger charge is 2.36. The third-order valence-corrected chi connectivity index (χ3v) is 4.95. The number of nitrogens with zero attached hydrogens (tertiary/aromatic N) is 2. The summed E-state index contributed by atoms with van der Waals surface area (Å²) in [6.45, 7) is 8.90. The molecule has 1 aliphatic carbocycles. The molecule has 1 aromatic heterocycles.